The second-order valence-electron chi connectivity index (χ2n) is 7.29. The molecule has 0 aliphatic carbocycles. The molecule has 0 aliphatic rings. The number of aliphatic hydroxyl groups is 2. The number of hydrogen-bond donors (Lipinski definition) is 3. The average Bonchev–Trinajstić information content (AvgIpc) is 2.74. The maximum Gasteiger partial charge on any atom is 0.419 e. The molecule has 0 heterocycles. The first-order chi connectivity index (χ1) is 14.5. The van der Waals surface area contributed by atoms with Crippen molar-refractivity contribution in [2.24, 2.45) is 5.73 Å². The number of nitrogens with two attached hydrogens (primary N) is 1. The van der Waals surface area contributed by atoms with E-state index in [1.165, 1.54) is 6.07 Å². The molecule has 10 heteroatoms. The van der Waals surface area contributed by atoms with Crippen molar-refractivity contribution in [2.45, 2.75) is 37.4 Å². The van der Waals surface area contributed by atoms with Gasteiger partial charge < -0.3 is 20.7 Å². The monoisotopic (exact) mass is 451 g/mol. The second kappa shape index (κ2) is 10.3. The smallest absolute Gasteiger partial charge is 0.419 e. The van der Waals surface area contributed by atoms with Crippen LogP contribution in [0.1, 0.15) is 29.5 Å². The van der Waals surface area contributed by atoms with E-state index in [9.17, 15) is 36.6 Å². The minimum Gasteiger partial charge on any atom is -0.493 e. The maximum absolute atomic E-state index is 13.6. The Morgan fingerprint density at radius 1 is 0.903 bits per heavy atom. The third-order valence-corrected chi connectivity index (χ3v) is 4.85. The molecule has 2 rings (SSSR count). The van der Waals surface area contributed by atoms with Crippen LogP contribution in [-0.2, 0) is 19.0 Å². The highest BCUT2D eigenvalue weighted by Crippen LogP contribution is 2.37. The quantitative estimate of drug-likeness (QED) is 0.292. The van der Waals surface area contributed by atoms with Crippen molar-refractivity contribution in [1.82, 2.24) is 0 Å². The maximum atomic E-state index is 13.6. The number of aryl methyl sites for hydroxylation is 2. The minimum atomic E-state index is -4.70. The van der Waals surface area contributed by atoms with E-state index in [0.717, 1.165) is 24.3 Å². The van der Waals surface area contributed by atoms with Crippen molar-refractivity contribution in [3.8, 4) is 5.75 Å². The SMILES string of the molecule is NC(CO)(CO)CCc1ccc(OCCCc2ccc(F)c(F)c2F)c(C(F)(F)F)c1. The first-order valence-corrected chi connectivity index (χ1v) is 9.46. The van der Waals surface area contributed by atoms with E-state index in [1.54, 1.807) is 0 Å². The van der Waals surface area contributed by atoms with Crippen LogP contribution in [0.15, 0.2) is 30.3 Å². The molecule has 0 radical (unpaired) electrons. The van der Waals surface area contributed by atoms with E-state index in [0.29, 0.717) is 5.56 Å². The van der Waals surface area contributed by atoms with Crippen LogP contribution in [0, 0.1) is 17.5 Å². The molecule has 0 saturated heterocycles. The lowest BCUT2D eigenvalue weighted by atomic mass is 9.93. The lowest BCUT2D eigenvalue weighted by Crippen LogP contribution is -2.47. The molecule has 4 nitrogen and oxygen atoms in total. The van der Waals surface area contributed by atoms with Gasteiger partial charge in [-0.25, -0.2) is 13.2 Å². The van der Waals surface area contributed by atoms with Gasteiger partial charge in [-0.3, -0.25) is 0 Å². The third kappa shape index (κ3) is 6.59. The third-order valence-electron chi connectivity index (χ3n) is 4.85. The van der Waals surface area contributed by atoms with Gasteiger partial charge in [0.05, 0.1) is 30.9 Å². The zero-order chi connectivity index (χ0) is 23.2. The van der Waals surface area contributed by atoms with Gasteiger partial charge in [0.25, 0.3) is 0 Å². The van der Waals surface area contributed by atoms with Crippen molar-refractivity contribution < 1.29 is 41.3 Å². The fourth-order valence-electron chi connectivity index (χ4n) is 2.89. The Balaban J connectivity index is 2.04. The number of alkyl halides is 3. The van der Waals surface area contributed by atoms with Crippen LogP contribution in [0.25, 0.3) is 0 Å². The molecule has 0 fully saturated rings. The lowest BCUT2D eigenvalue weighted by Gasteiger charge is -2.24. The van der Waals surface area contributed by atoms with Crippen molar-refractivity contribution in [3.05, 3.63) is 64.5 Å². The number of halogens is 6. The number of benzene rings is 2. The summed E-state index contributed by atoms with van der Waals surface area (Å²) in [6.07, 6.45) is -4.52. The molecule has 2 aromatic carbocycles. The van der Waals surface area contributed by atoms with Gasteiger partial charge in [0.2, 0.25) is 0 Å². The fraction of sp³-hybridized carbons (Fsp3) is 0.429. The molecule has 0 bridgehead atoms. The largest absolute Gasteiger partial charge is 0.493 e. The highest BCUT2D eigenvalue weighted by atomic mass is 19.4. The van der Waals surface area contributed by atoms with Gasteiger partial charge in [-0.2, -0.15) is 13.2 Å². The van der Waals surface area contributed by atoms with Crippen molar-refractivity contribution >= 4 is 0 Å². The molecule has 172 valence electrons. The highest BCUT2D eigenvalue weighted by molar-refractivity contribution is 5.39. The van der Waals surface area contributed by atoms with Crippen molar-refractivity contribution in [3.63, 3.8) is 0 Å². The van der Waals surface area contributed by atoms with Gasteiger partial charge >= 0.3 is 6.18 Å². The topological polar surface area (TPSA) is 75.7 Å². The Hall–Kier alpha value is -2.30. The van der Waals surface area contributed by atoms with E-state index < -0.39 is 53.7 Å². The Kier molecular flexibility index (Phi) is 8.33. The zero-order valence-electron chi connectivity index (χ0n) is 16.5. The van der Waals surface area contributed by atoms with Crippen LogP contribution in [0.3, 0.4) is 0 Å². The van der Waals surface area contributed by atoms with E-state index in [-0.39, 0.29) is 37.9 Å². The molecule has 0 spiro atoms. The standard InChI is InChI=1S/C21H23F6NO3/c22-16-5-4-14(18(23)19(16)24)2-1-9-31-17-6-3-13(10-15(17)21(25,26)27)7-8-20(28,11-29)12-30/h3-6,10,29-30H,1-2,7-9,11-12,28H2. The zero-order valence-corrected chi connectivity index (χ0v) is 16.5. The average molecular weight is 451 g/mol. The predicted octanol–water partition coefficient (Wildman–Crippen LogP) is 3.75. The molecular formula is C21H23F6NO3. The molecule has 0 aromatic heterocycles. The molecule has 4 N–H and O–H groups in total. The van der Waals surface area contributed by atoms with Crippen molar-refractivity contribution in [2.75, 3.05) is 19.8 Å². The van der Waals surface area contributed by atoms with Crippen LogP contribution >= 0.6 is 0 Å². The number of ether oxygens (including phenoxy) is 1. The molecule has 2 aromatic rings. The molecule has 0 saturated carbocycles. The van der Waals surface area contributed by atoms with Gasteiger partial charge in [-0.1, -0.05) is 12.1 Å². The van der Waals surface area contributed by atoms with E-state index in [2.05, 4.69) is 0 Å². The van der Waals surface area contributed by atoms with E-state index in [4.69, 9.17) is 10.5 Å². The molecule has 0 unspecified atom stereocenters. The predicted molar refractivity (Wildman–Crippen MR) is 101 cm³/mol. The number of aliphatic hydroxyl groups excluding tert-OH is 2. The Morgan fingerprint density at radius 3 is 2.19 bits per heavy atom. The summed E-state index contributed by atoms with van der Waals surface area (Å²) in [5.74, 6) is -4.68. The van der Waals surface area contributed by atoms with Crippen LogP contribution in [0.2, 0.25) is 0 Å². The first kappa shape index (κ1) is 25.0. The van der Waals surface area contributed by atoms with Gasteiger partial charge in [-0.15, -0.1) is 0 Å². The number of rotatable bonds is 10. The Bertz CT molecular complexity index is 884. The van der Waals surface area contributed by atoms with Gasteiger partial charge in [0.1, 0.15) is 5.75 Å². The van der Waals surface area contributed by atoms with Crippen LogP contribution in [-0.4, -0.2) is 35.6 Å². The second-order valence-corrected chi connectivity index (χ2v) is 7.29. The molecular weight excluding hydrogens is 428 g/mol. The summed E-state index contributed by atoms with van der Waals surface area (Å²) in [6, 6.07) is 5.30. The van der Waals surface area contributed by atoms with Gasteiger partial charge in [-0.05, 0) is 55.0 Å². The van der Waals surface area contributed by atoms with E-state index in [1.807, 2.05) is 0 Å². The highest BCUT2D eigenvalue weighted by Gasteiger charge is 2.35. The summed E-state index contributed by atoms with van der Waals surface area (Å²) in [6.45, 7) is -1.24. The summed E-state index contributed by atoms with van der Waals surface area (Å²) in [7, 11) is 0. The molecule has 31 heavy (non-hydrogen) atoms. The minimum absolute atomic E-state index is 0.0522. The van der Waals surface area contributed by atoms with Crippen LogP contribution in [0.4, 0.5) is 26.3 Å². The summed E-state index contributed by atoms with van der Waals surface area (Å²) in [4.78, 5) is 0. The van der Waals surface area contributed by atoms with Gasteiger partial charge in [0, 0.05) is 0 Å². The summed E-state index contributed by atoms with van der Waals surface area (Å²) in [5, 5.41) is 18.4. The Morgan fingerprint density at radius 2 is 1.58 bits per heavy atom. The summed E-state index contributed by atoms with van der Waals surface area (Å²) in [5.41, 5.74) is 3.61. The summed E-state index contributed by atoms with van der Waals surface area (Å²) < 4.78 is 85.3. The summed E-state index contributed by atoms with van der Waals surface area (Å²) >= 11 is 0. The van der Waals surface area contributed by atoms with E-state index >= 15 is 0 Å². The molecule has 0 atom stereocenters. The normalized spacial score (nSPS) is 12.3. The first-order valence-electron chi connectivity index (χ1n) is 9.46. The van der Waals surface area contributed by atoms with Crippen LogP contribution in [0.5, 0.6) is 5.75 Å². The fourth-order valence-corrected chi connectivity index (χ4v) is 2.89. The van der Waals surface area contributed by atoms with Crippen LogP contribution < -0.4 is 10.5 Å². The van der Waals surface area contributed by atoms with Crippen molar-refractivity contribution in [1.29, 1.82) is 0 Å². The molecule has 0 amide bonds. The molecule has 0 aliphatic heterocycles. The van der Waals surface area contributed by atoms with Gasteiger partial charge in [0.15, 0.2) is 17.5 Å². The Labute approximate surface area is 175 Å². The lowest BCUT2D eigenvalue weighted by molar-refractivity contribution is -0.139. The number of hydrogen-bond acceptors (Lipinski definition) is 4.